The van der Waals surface area contributed by atoms with Crippen molar-refractivity contribution in [2.24, 2.45) is 0 Å². The van der Waals surface area contributed by atoms with Crippen molar-refractivity contribution >= 4 is 29.1 Å². The van der Waals surface area contributed by atoms with Gasteiger partial charge in [0.2, 0.25) is 17.7 Å². The zero-order chi connectivity index (χ0) is 21.3. The number of likely N-dealkylation sites (tertiary alicyclic amines) is 1. The highest BCUT2D eigenvalue weighted by Crippen LogP contribution is 2.40. The van der Waals surface area contributed by atoms with Gasteiger partial charge in [-0.1, -0.05) is 12.1 Å². The topological polar surface area (TPSA) is 79.8 Å². The SMILES string of the molecule is COc1ccc([C@]2(CC(=O)N(C)[C@H](C)c3nc(C)cs3)CC(=O)N(C)C2=O)cc1. The maximum atomic E-state index is 13.2. The smallest absolute Gasteiger partial charge is 0.240 e. The van der Waals surface area contributed by atoms with E-state index >= 15 is 0 Å². The maximum absolute atomic E-state index is 13.2. The Morgan fingerprint density at radius 2 is 2.00 bits per heavy atom. The maximum Gasteiger partial charge on any atom is 0.240 e. The quantitative estimate of drug-likeness (QED) is 0.678. The Morgan fingerprint density at radius 3 is 2.48 bits per heavy atom. The molecular weight excluding hydrogens is 390 g/mol. The Kier molecular flexibility index (Phi) is 5.75. The van der Waals surface area contributed by atoms with Crippen molar-refractivity contribution in [3.63, 3.8) is 0 Å². The predicted octanol–water partition coefficient (Wildman–Crippen LogP) is 2.70. The molecule has 0 radical (unpaired) electrons. The molecule has 3 rings (SSSR count). The van der Waals surface area contributed by atoms with Crippen LogP contribution in [0, 0.1) is 6.92 Å². The van der Waals surface area contributed by atoms with Gasteiger partial charge in [0.15, 0.2) is 0 Å². The van der Waals surface area contributed by atoms with Gasteiger partial charge in [0, 0.05) is 38.0 Å². The molecule has 8 heteroatoms. The largest absolute Gasteiger partial charge is 0.497 e. The van der Waals surface area contributed by atoms with Gasteiger partial charge in [-0.3, -0.25) is 19.3 Å². The summed E-state index contributed by atoms with van der Waals surface area (Å²) in [4.78, 5) is 45.8. The van der Waals surface area contributed by atoms with Gasteiger partial charge in [-0.15, -0.1) is 11.3 Å². The molecule has 0 bridgehead atoms. The molecule has 0 saturated carbocycles. The lowest BCUT2D eigenvalue weighted by molar-refractivity contribution is -0.141. The van der Waals surface area contributed by atoms with E-state index in [2.05, 4.69) is 4.98 Å². The second-order valence-electron chi connectivity index (χ2n) is 7.43. The fourth-order valence-electron chi connectivity index (χ4n) is 3.59. The molecular formula is C21H25N3O4S. The fourth-order valence-corrected chi connectivity index (χ4v) is 4.49. The number of ether oxygens (including phenoxy) is 1. The zero-order valence-corrected chi connectivity index (χ0v) is 18.1. The molecule has 3 amide bonds. The van der Waals surface area contributed by atoms with E-state index in [0.717, 1.165) is 15.6 Å². The summed E-state index contributed by atoms with van der Waals surface area (Å²) in [7, 11) is 4.73. The van der Waals surface area contributed by atoms with Crippen LogP contribution in [0.25, 0.3) is 0 Å². The van der Waals surface area contributed by atoms with Gasteiger partial charge in [0.25, 0.3) is 0 Å². The highest BCUT2D eigenvalue weighted by atomic mass is 32.1. The summed E-state index contributed by atoms with van der Waals surface area (Å²) < 4.78 is 5.19. The van der Waals surface area contributed by atoms with E-state index in [9.17, 15) is 14.4 Å². The van der Waals surface area contributed by atoms with Gasteiger partial charge in [-0.2, -0.15) is 0 Å². The minimum atomic E-state index is -1.21. The van der Waals surface area contributed by atoms with Crippen LogP contribution in [-0.4, -0.2) is 53.7 Å². The Morgan fingerprint density at radius 1 is 1.34 bits per heavy atom. The molecule has 0 spiro atoms. The lowest BCUT2D eigenvalue weighted by Gasteiger charge is -2.30. The van der Waals surface area contributed by atoms with E-state index in [-0.39, 0.29) is 36.6 Å². The minimum absolute atomic E-state index is 0.0288. The number of methoxy groups -OCH3 is 1. The Labute approximate surface area is 174 Å². The van der Waals surface area contributed by atoms with Crippen molar-refractivity contribution in [1.29, 1.82) is 0 Å². The highest BCUT2D eigenvalue weighted by molar-refractivity contribution is 7.09. The number of benzene rings is 1. The summed E-state index contributed by atoms with van der Waals surface area (Å²) in [6.45, 7) is 3.82. The number of rotatable bonds is 6. The molecule has 7 nitrogen and oxygen atoms in total. The van der Waals surface area contributed by atoms with Crippen LogP contribution in [0.2, 0.25) is 0 Å². The number of hydrogen-bond acceptors (Lipinski definition) is 6. The van der Waals surface area contributed by atoms with Crippen LogP contribution >= 0.6 is 11.3 Å². The zero-order valence-electron chi connectivity index (χ0n) is 17.3. The summed E-state index contributed by atoms with van der Waals surface area (Å²) in [6.07, 6.45) is -0.113. The number of carbonyl (C=O) groups is 3. The third-order valence-corrected chi connectivity index (χ3v) is 6.74. The normalized spacial score (nSPS) is 20.1. The number of aromatic nitrogens is 1. The number of likely N-dealkylation sites (N-methyl/N-ethyl adjacent to an activating group) is 1. The van der Waals surface area contributed by atoms with Crippen molar-refractivity contribution in [2.75, 3.05) is 21.2 Å². The molecule has 2 aromatic rings. The molecule has 0 N–H and O–H groups in total. The predicted molar refractivity (Wildman–Crippen MR) is 110 cm³/mol. The second kappa shape index (κ2) is 7.94. The van der Waals surface area contributed by atoms with Crippen molar-refractivity contribution in [1.82, 2.24) is 14.8 Å². The van der Waals surface area contributed by atoms with Crippen molar-refractivity contribution < 1.29 is 19.1 Å². The Balaban J connectivity index is 1.92. The molecule has 1 aromatic carbocycles. The number of hydrogen-bond donors (Lipinski definition) is 0. The molecule has 2 heterocycles. The van der Waals surface area contributed by atoms with Crippen molar-refractivity contribution in [3.05, 3.63) is 45.9 Å². The number of aryl methyl sites for hydroxylation is 1. The fraction of sp³-hybridized carbons (Fsp3) is 0.429. The number of thiazole rings is 1. The van der Waals surface area contributed by atoms with Crippen molar-refractivity contribution in [3.8, 4) is 5.75 Å². The molecule has 1 aliphatic rings. The summed E-state index contributed by atoms with van der Waals surface area (Å²) in [5.74, 6) is -0.208. The highest BCUT2D eigenvalue weighted by Gasteiger charge is 2.53. The first kappa shape index (κ1) is 21.0. The summed E-state index contributed by atoms with van der Waals surface area (Å²) in [5.41, 5.74) is 0.341. The number of nitrogens with zero attached hydrogens (tertiary/aromatic N) is 3. The Bertz CT molecular complexity index is 940. The number of imide groups is 1. The van der Waals surface area contributed by atoms with E-state index in [1.165, 1.54) is 18.4 Å². The monoisotopic (exact) mass is 415 g/mol. The molecule has 1 aliphatic heterocycles. The lowest BCUT2D eigenvalue weighted by atomic mass is 9.75. The van der Waals surface area contributed by atoms with Crippen molar-refractivity contribution in [2.45, 2.75) is 38.1 Å². The van der Waals surface area contributed by atoms with Gasteiger partial charge < -0.3 is 9.64 Å². The van der Waals surface area contributed by atoms with E-state index in [4.69, 9.17) is 4.74 Å². The third kappa shape index (κ3) is 3.76. The summed E-state index contributed by atoms with van der Waals surface area (Å²) in [6, 6.07) is 6.76. The second-order valence-corrected chi connectivity index (χ2v) is 8.32. The van der Waals surface area contributed by atoms with Crippen LogP contribution in [0.15, 0.2) is 29.6 Å². The van der Waals surface area contributed by atoms with Gasteiger partial charge in [-0.05, 0) is 31.5 Å². The van der Waals surface area contributed by atoms with Gasteiger partial charge in [-0.25, -0.2) is 4.98 Å². The molecule has 0 unspecified atom stereocenters. The van der Waals surface area contributed by atoms with Gasteiger partial charge >= 0.3 is 0 Å². The summed E-state index contributed by atoms with van der Waals surface area (Å²) in [5, 5.41) is 2.78. The molecule has 2 atom stereocenters. The molecule has 1 saturated heterocycles. The van der Waals surface area contributed by atoms with Crippen LogP contribution in [0.3, 0.4) is 0 Å². The molecule has 1 aromatic heterocycles. The lowest BCUT2D eigenvalue weighted by Crippen LogP contribution is -2.42. The molecule has 0 aliphatic carbocycles. The molecule has 1 fully saturated rings. The van der Waals surface area contributed by atoms with Gasteiger partial charge in [0.1, 0.15) is 10.8 Å². The average Bonchev–Trinajstić information content (AvgIpc) is 3.24. The number of carbonyl (C=O) groups excluding carboxylic acids is 3. The molecule has 154 valence electrons. The van der Waals surface area contributed by atoms with Crippen LogP contribution in [-0.2, 0) is 19.8 Å². The van der Waals surface area contributed by atoms with Crippen LogP contribution in [0.5, 0.6) is 5.75 Å². The van der Waals surface area contributed by atoms with Crippen LogP contribution in [0.4, 0.5) is 0 Å². The van der Waals surface area contributed by atoms with Crippen LogP contribution < -0.4 is 4.74 Å². The van der Waals surface area contributed by atoms with E-state index in [1.807, 2.05) is 19.2 Å². The average molecular weight is 416 g/mol. The first-order valence-electron chi connectivity index (χ1n) is 9.33. The third-order valence-electron chi connectivity index (χ3n) is 5.61. The number of amides is 3. The Hall–Kier alpha value is -2.74. The first-order chi connectivity index (χ1) is 13.7. The van der Waals surface area contributed by atoms with E-state index in [0.29, 0.717) is 11.3 Å². The van der Waals surface area contributed by atoms with E-state index in [1.54, 1.807) is 43.3 Å². The van der Waals surface area contributed by atoms with Crippen LogP contribution in [0.1, 0.15) is 42.1 Å². The first-order valence-corrected chi connectivity index (χ1v) is 10.2. The van der Waals surface area contributed by atoms with E-state index < -0.39 is 5.41 Å². The standard InChI is InChI=1S/C21H25N3O4S/c1-13-12-29-19(22-13)14(2)23(3)17(25)10-21(11-18(26)24(4)20(21)27)15-6-8-16(28-5)9-7-15/h6-9,12,14H,10-11H2,1-5H3/t14-,21+/m1/s1. The summed E-state index contributed by atoms with van der Waals surface area (Å²) >= 11 is 1.50. The van der Waals surface area contributed by atoms with Gasteiger partial charge in [0.05, 0.1) is 18.6 Å². The minimum Gasteiger partial charge on any atom is -0.497 e. The molecule has 29 heavy (non-hydrogen) atoms.